The molecule has 0 radical (unpaired) electrons. The van der Waals surface area contributed by atoms with Crippen LogP contribution in [0.4, 0.5) is 4.39 Å². The normalized spacial score (nSPS) is 12.4. The lowest BCUT2D eigenvalue weighted by atomic mass is 9.93. The van der Waals surface area contributed by atoms with Crippen LogP contribution in [0.3, 0.4) is 0 Å². The Morgan fingerprint density at radius 1 is 1.10 bits per heavy atom. The molecule has 0 amide bonds. The lowest BCUT2D eigenvalue weighted by Gasteiger charge is -2.21. The molecule has 2 heteroatoms. The molecule has 1 nitrogen and oxygen atoms in total. The van der Waals surface area contributed by atoms with Gasteiger partial charge in [0.1, 0.15) is 5.82 Å². The molecule has 0 aliphatic carbocycles. The van der Waals surface area contributed by atoms with E-state index in [0.717, 1.165) is 36.1 Å². The lowest BCUT2D eigenvalue weighted by molar-refractivity contribution is 0.482. The molecule has 0 aliphatic heterocycles. The van der Waals surface area contributed by atoms with E-state index in [1.54, 1.807) is 6.07 Å². The minimum absolute atomic E-state index is 0.0656. The molecule has 1 unspecified atom stereocenters. The van der Waals surface area contributed by atoms with Crippen molar-refractivity contribution in [2.75, 3.05) is 6.54 Å². The van der Waals surface area contributed by atoms with Crippen LogP contribution < -0.4 is 5.32 Å². The van der Waals surface area contributed by atoms with Crippen molar-refractivity contribution in [3.8, 4) is 0 Å². The number of hydrogen-bond donors (Lipinski definition) is 1. The van der Waals surface area contributed by atoms with E-state index < -0.39 is 0 Å². The van der Waals surface area contributed by atoms with E-state index in [2.05, 4.69) is 42.6 Å². The summed E-state index contributed by atoms with van der Waals surface area (Å²) < 4.78 is 14.4. The average molecular weight is 285 g/mol. The first kappa shape index (κ1) is 15.7. The number of benzene rings is 2. The first-order valence-electron chi connectivity index (χ1n) is 7.65. The fourth-order valence-corrected chi connectivity index (χ4v) is 2.92. The summed E-state index contributed by atoms with van der Waals surface area (Å²) in [4.78, 5) is 0. The van der Waals surface area contributed by atoms with Crippen molar-refractivity contribution in [3.63, 3.8) is 0 Å². The number of halogens is 1. The van der Waals surface area contributed by atoms with Crippen LogP contribution in [-0.4, -0.2) is 6.54 Å². The fourth-order valence-electron chi connectivity index (χ4n) is 2.92. The van der Waals surface area contributed by atoms with Gasteiger partial charge in [-0.25, -0.2) is 4.39 Å². The van der Waals surface area contributed by atoms with Crippen molar-refractivity contribution in [1.82, 2.24) is 5.32 Å². The van der Waals surface area contributed by atoms with Crippen LogP contribution in [0.2, 0.25) is 0 Å². The first-order valence-corrected chi connectivity index (χ1v) is 7.65. The van der Waals surface area contributed by atoms with Gasteiger partial charge in [0.15, 0.2) is 0 Å². The Hall–Kier alpha value is -1.67. The quantitative estimate of drug-likeness (QED) is 0.809. The van der Waals surface area contributed by atoms with Crippen LogP contribution in [0.25, 0.3) is 0 Å². The molecule has 0 bridgehead atoms. The number of nitrogens with one attached hydrogen (secondary N) is 1. The molecule has 21 heavy (non-hydrogen) atoms. The predicted molar refractivity (Wildman–Crippen MR) is 87.1 cm³/mol. The van der Waals surface area contributed by atoms with Crippen molar-refractivity contribution in [2.24, 2.45) is 0 Å². The van der Waals surface area contributed by atoms with E-state index in [0.29, 0.717) is 0 Å². The Kier molecular flexibility index (Phi) is 5.51. The second kappa shape index (κ2) is 7.37. The zero-order valence-electron chi connectivity index (χ0n) is 13.1. The summed E-state index contributed by atoms with van der Waals surface area (Å²) >= 11 is 0. The van der Waals surface area contributed by atoms with Crippen LogP contribution in [0, 0.1) is 19.7 Å². The standard InChI is InChI=1S/C19H24FN/c1-4-21-18(11-10-16-8-6-5-7-9-16)19-15(3)12-14(2)13-17(19)20/h5-9,12-13,18,21H,4,10-11H2,1-3H3. The molecule has 0 aromatic heterocycles. The third kappa shape index (κ3) is 4.15. The first-order chi connectivity index (χ1) is 10.1. The van der Waals surface area contributed by atoms with Gasteiger partial charge >= 0.3 is 0 Å². The largest absolute Gasteiger partial charge is 0.310 e. The molecule has 2 rings (SSSR count). The van der Waals surface area contributed by atoms with Gasteiger partial charge in [-0.3, -0.25) is 0 Å². The van der Waals surface area contributed by atoms with Gasteiger partial charge in [0.2, 0.25) is 0 Å². The molecule has 1 N–H and O–H groups in total. The molecule has 0 saturated heterocycles. The number of aryl methyl sites for hydroxylation is 3. The predicted octanol–water partition coefficient (Wildman–Crippen LogP) is 4.73. The van der Waals surface area contributed by atoms with Crippen molar-refractivity contribution >= 4 is 0 Å². The molecule has 0 fully saturated rings. The smallest absolute Gasteiger partial charge is 0.128 e. The third-order valence-electron chi connectivity index (χ3n) is 3.84. The Balaban J connectivity index is 2.19. The fraction of sp³-hybridized carbons (Fsp3) is 0.368. The maximum Gasteiger partial charge on any atom is 0.128 e. The van der Waals surface area contributed by atoms with Crippen molar-refractivity contribution in [2.45, 2.75) is 39.7 Å². The van der Waals surface area contributed by atoms with Crippen molar-refractivity contribution in [1.29, 1.82) is 0 Å². The number of rotatable bonds is 6. The van der Waals surface area contributed by atoms with Crippen LogP contribution in [0.5, 0.6) is 0 Å². The van der Waals surface area contributed by atoms with Crippen LogP contribution in [0.1, 0.15) is 41.6 Å². The van der Waals surface area contributed by atoms with E-state index in [4.69, 9.17) is 0 Å². The van der Waals surface area contributed by atoms with E-state index >= 15 is 0 Å². The Bertz CT molecular complexity index is 554. The Labute approximate surface area is 127 Å². The molecule has 2 aromatic carbocycles. The van der Waals surface area contributed by atoms with E-state index in [1.165, 1.54) is 5.56 Å². The second-order valence-corrected chi connectivity index (χ2v) is 5.61. The van der Waals surface area contributed by atoms with Gasteiger partial charge in [0, 0.05) is 11.6 Å². The van der Waals surface area contributed by atoms with Gasteiger partial charge < -0.3 is 5.32 Å². The minimum atomic E-state index is -0.0912. The highest BCUT2D eigenvalue weighted by molar-refractivity contribution is 5.34. The van der Waals surface area contributed by atoms with E-state index in [-0.39, 0.29) is 11.9 Å². The van der Waals surface area contributed by atoms with Crippen LogP contribution >= 0.6 is 0 Å². The Morgan fingerprint density at radius 2 is 1.81 bits per heavy atom. The highest BCUT2D eigenvalue weighted by Crippen LogP contribution is 2.26. The summed E-state index contributed by atoms with van der Waals surface area (Å²) in [5.74, 6) is -0.0912. The van der Waals surface area contributed by atoms with Gasteiger partial charge in [-0.05, 0) is 56.0 Å². The van der Waals surface area contributed by atoms with Gasteiger partial charge in [-0.2, -0.15) is 0 Å². The van der Waals surface area contributed by atoms with E-state index in [1.807, 2.05) is 19.9 Å². The topological polar surface area (TPSA) is 12.0 Å². The molecule has 0 heterocycles. The van der Waals surface area contributed by atoms with Gasteiger partial charge in [0.05, 0.1) is 0 Å². The highest BCUT2D eigenvalue weighted by Gasteiger charge is 2.17. The second-order valence-electron chi connectivity index (χ2n) is 5.61. The number of hydrogen-bond acceptors (Lipinski definition) is 1. The minimum Gasteiger partial charge on any atom is -0.310 e. The average Bonchev–Trinajstić information content (AvgIpc) is 2.45. The molecular weight excluding hydrogens is 261 g/mol. The summed E-state index contributed by atoms with van der Waals surface area (Å²) in [6.07, 6.45) is 1.85. The van der Waals surface area contributed by atoms with Crippen molar-refractivity contribution in [3.05, 3.63) is 70.5 Å². The summed E-state index contributed by atoms with van der Waals surface area (Å²) in [5.41, 5.74) is 4.13. The summed E-state index contributed by atoms with van der Waals surface area (Å²) in [6, 6.07) is 14.1. The van der Waals surface area contributed by atoms with Crippen molar-refractivity contribution < 1.29 is 4.39 Å². The van der Waals surface area contributed by atoms with Crippen LogP contribution in [0.15, 0.2) is 42.5 Å². The molecule has 0 aliphatic rings. The molecule has 0 saturated carbocycles. The molecule has 2 aromatic rings. The van der Waals surface area contributed by atoms with Gasteiger partial charge in [-0.1, -0.05) is 43.3 Å². The monoisotopic (exact) mass is 285 g/mol. The summed E-state index contributed by atoms with van der Waals surface area (Å²) in [6.45, 7) is 6.84. The highest BCUT2D eigenvalue weighted by atomic mass is 19.1. The third-order valence-corrected chi connectivity index (χ3v) is 3.84. The lowest BCUT2D eigenvalue weighted by Crippen LogP contribution is -2.23. The molecule has 1 atom stereocenters. The van der Waals surface area contributed by atoms with Crippen LogP contribution in [-0.2, 0) is 6.42 Å². The SMILES string of the molecule is CCNC(CCc1ccccc1)c1c(C)cc(C)cc1F. The Morgan fingerprint density at radius 3 is 2.43 bits per heavy atom. The molecule has 112 valence electrons. The zero-order valence-corrected chi connectivity index (χ0v) is 13.1. The summed E-state index contributed by atoms with van der Waals surface area (Å²) in [7, 11) is 0. The van der Waals surface area contributed by atoms with Gasteiger partial charge in [-0.15, -0.1) is 0 Å². The maximum absolute atomic E-state index is 14.4. The maximum atomic E-state index is 14.4. The summed E-state index contributed by atoms with van der Waals surface area (Å²) in [5, 5.41) is 3.43. The zero-order chi connectivity index (χ0) is 15.2. The molecular formula is C19H24FN. The molecule has 0 spiro atoms. The van der Waals surface area contributed by atoms with E-state index in [9.17, 15) is 4.39 Å². The van der Waals surface area contributed by atoms with Gasteiger partial charge in [0.25, 0.3) is 0 Å².